The van der Waals surface area contributed by atoms with Gasteiger partial charge in [0.05, 0.1) is 31.5 Å². The van der Waals surface area contributed by atoms with Gasteiger partial charge in [-0.2, -0.15) is 10.4 Å². The Hall–Kier alpha value is -3.92. The van der Waals surface area contributed by atoms with Crippen LogP contribution in [0.25, 0.3) is 16.9 Å². The van der Waals surface area contributed by atoms with Crippen LogP contribution < -0.4 is 0 Å². The van der Waals surface area contributed by atoms with E-state index in [0.29, 0.717) is 16.8 Å². The molecule has 0 fully saturated rings. The molecule has 1 heterocycles. The van der Waals surface area contributed by atoms with Crippen LogP contribution in [0, 0.1) is 18.3 Å². The van der Waals surface area contributed by atoms with Gasteiger partial charge in [-0.3, -0.25) is 0 Å². The van der Waals surface area contributed by atoms with Gasteiger partial charge in [-0.15, -0.1) is 0 Å². The SMILES string of the molecule is COC(=O)c1c(-c2cc(C#N)ccc2C)nn(-c2ccccc2)c1C(=O)OC. The van der Waals surface area contributed by atoms with Crippen molar-refractivity contribution in [3.8, 4) is 23.0 Å². The summed E-state index contributed by atoms with van der Waals surface area (Å²) in [7, 11) is 2.46. The van der Waals surface area contributed by atoms with Crippen LogP contribution in [0.5, 0.6) is 0 Å². The number of carbonyl (C=O) groups excluding carboxylic acids is 2. The fourth-order valence-electron chi connectivity index (χ4n) is 2.89. The van der Waals surface area contributed by atoms with Gasteiger partial charge >= 0.3 is 11.9 Å². The van der Waals surface area contributed by atoms with Crippen LogP contribution in [-0.2, 0) is 9.47 Å². The average Bonchev–Trinajstić information content (AvgIpc) is 3.14. The number of ether oxygens (including phenoxy) is 2. The van der Waals surface area contributed by atoms with Crippen LogP contribution in [0.15, 0.2) is 48.5 Å². The molecule has 1 aromatic heterocycles. The molecule has 3 aromatic rings. The van der Waals surface area contributed by atoms with Crippen LogP contribution in [0.3, 0.4) is 0 Å². The van der Waals surface area contributed by atoms with E-state index >= 15 is 0 Å². The molecule has 0 N–H and O–H groups in total. The number of para-hydroxylation sites is 1. The second kappa shape index (κ2) is 7.76. The average molecular weight is 375 g/mol. The van der Waals surface area contributed by atoms with E-state index in [-0.39, 0.29) is 17.0 Å². The lowest BCUT2D eigenvalue weighted by Crippen LogP contribution is -2.15. The van der Waals surface area contributed by atoms with Gasteiger partial charge in [-0.1, -0.05) is 24.3 Å². The van der Waals surface area contributed by atoms with Crippen molar-refractivity contribution >= 4 is 11.9 Å². The van der Waals surface area contributed by atoms with Gasteiger partial charge in [0, 0.05) is 5.56 Å². The number of methoxy groups -OCH3 is 2. The normalized spacial score (nSPS) is 10.2. The first-order valence-corrected chi connectivity index (χ1v) is 8.38. The molecular weight excluding hydrogens is 358 g/mol. The zero-order valence-electron chi connectivity index (χ0n) is 15.6. The quantitative estimate of drug-likeness (QED) is 0.650. The summed E-state index contributed by atoms with van der Waals surface area (Å²) in [5.41, 5.74) is 2.51. The Morgan fingerprint density at radius 2 is 1.71 bits per heavy atom. The number of hydrogen-bond donors (Lipinski definition) is 0. The summed E-state index contributed by atoms with van der Waals surface area (Å²) in [5, 5.41) is 13.8. The molecule has 2 aromatic carbocycles. The third-order valence-corrected chi connectivity index (χ3v) is 4.28. The van der Waals surface area contributed by atoms with Crippen LogP contribution in [0.4, 0.5) is 0 Å². The van der Waals surface area contributed by atoms with Gasteiger partial charge in [-0.05, 0) is 36.8 Å². The zero-order valence-corrected chi connectivity index (χ0v) is 15.6. The maximum Gasteiger partial charge on any atom is 0.357 e. The van der Waals surface area contributed by atoms with Gasteiger partial charge in [-0.25, -0.2) is 14.3 Å². The Balaban J connectivity index is 2.41. The number of rotatable bonds is 4. The van der Waals surface area contributed by atoms with E-state index in [2.05, 4.69) is 11.2 Å². The largest absolute Gasteiger partial charge is 0.465 e. The number of benzene rings is 2. The molecule has 140 valence electrons. The number of carbonyl (C=O) groups is 2. The fraction of sp³-hybridized carbons (Fsp3) is 0.143. The van der Waals surface area contributed by atoms with Crippen LogP contribution >= 0.6 is 0 Å². The summed E-state index contributed by atoms with van der Waals surface area (Å²) in [4.78, 5) is 25.2. The predicted molar refractivity (Wildman–Crippen MR) is 101 cm³/mol. The monoisotopic (exact) mass is 375 g/mol. The molecule has 0 radical (unpaired) electrons. The van der Waals surface area contributed by atoms with E-state index in [1.165, 1.54) is 18.9 Å². The number of nitriles is 1. The Bertz CT molecular complexity index is 1090. The first-order chi connectivity index (χ1) is 13.5. The maximum absolute atomic E-state index is 12.6. The minimum Gasteiger partial charge on any atom is -0.465 e. The van der Waals surface area contributed by atoms with E-state index in [4.69, 9.17) is 9.47 Å². The molecule has 0 spiro atoms. The minimum atomic E-state index is -0.725. The van der Waals surface area contributed by atoms with E-state index in [0.717, 1.165) is 5.56 Å². The Labute approximate surface area is 161 Å². The van der Waals surface area contributed by atoms with Crippen LogP contribution in [-0.4, -0.2) is 35.9 Å². The van der Waals surface area contributed by atoms with E-state index < -0.39 is 11.9 Å². The Morgan fingerprint density at radius 3 is 2.32 bits per heavy atom. The highest BCUT2D eigenvalue weighted by atomic mass is 16.5. The van der Waals surface area contributed by atoms with Crippen molar-refractivity contribution in [2.45, 2.75) is 6.92 Å². The van der Waals surface area contributed by atoms with Crippen molar-refractivity contribution in [2.24, 2.45) is 0 Å². The van der Waals surface area contributed by atoms with Crippen LogP contribution in [0.1, 0.15) is 32.0 Å². The topological polar surface area (TPSA) is 94.2 Å². The second-order valence-corrected chi connectivity index (χ2v) is 5.94. The zero-order chi connectivity index (χ0) is 20.3. The first kappa shape index (κ1) is 18.9. The van der Waals surface area contributed by atoms with E-state index in [1.54, 1.807) is 42.5 Å². The molecule has 0 amide bonds. The summed E-state index contributed by atoms with van der Waals surface area (Å²) >= 11 is 0. The fourth-order valence-corrected chi connectivity index (χ4v) is 2.89. The number of hydrogen-bond acceptors (Lipinski definition) is 6. The molecule has 3 rings (SSSR count). The highest BCUT2D eigenvalue weighted by Crippen LogP contribution is 2.31. The van der Waals surface area contributed by atoms with Crippen molar-refractivity contribution in [1.82, 2.24) is 9.78 Å². The van der Waals surface area contributed by atoms with E-state index in [9.17, 15) is 14.9 Å². The number of aryl methyl sites for hydroxylation is 1. The van der Waals surface area contributed by atoms with Crippen molar-refractivity contribution in [3.63, 3.8) is 0 Å². The lowest BCUT2D eigenvalue weighted by atomic mass is 9.99. The van der Waals surface area contributed by atoms with Gasteiger partial charge in [0.2, 0.25) is 0 Å². The smallest absolute Gasteiger partial charge is 0.357 e. The Kier molecular flexibility index (Phi) is 5.23. The van der Waals surface area contributed by atoms with E-state index in [1.807, 2.05) is 13.0 Å². The standard InChI is InChI=1S/C21H17N3O4/c1-13-9-10-14(12-22)11-16(13)18-17(20(25)27-2)19(21(26)28-3)24(23-18)15-7-5-4-6-8-15/h4-11H,1-3H3. The molecule has 0 aliphatic carbocycles. The molecular formula is C21H17N3O4. The number of nitrogens with zero attached hydrogens (tertiary/aromatic N) is 3. The first-order valence-electron chi connectivity index (χ1n) is 8.38. The van der Waals surface area contributed by atoms with Crippen molar-refractivity contribution in [3.05, 3.63) is 70.9 Å². The van der Waals surface area contributed by atoms with Crippen molar-refractivity contribution < 1.29 is 19.1 Å². The van der Waals surface area contributed by atoms with Gasteiger partial charge in [0.1, 0.15) is 11.3 Å². The molecule has 28 heavy (non-hydrogen) atoms. The minimum absolute atomic E-state index is 0.0172. The molecule has 7 nitrogen and oxygen atoms in total. The highest BCUT2D eigenvalue weighted by Gasteiger charge is 2.31. The predicted octanol–water partition coefficient (Wildman–Crippen LogP) is 3.29. The second-order valence-electron chi connectivity index (χ2n) is 5.94. The third-order valence-electron chi connectivity index (χ3n) is 4.28. The van der Waals surface area contributed by atoms with Gasteiger partial charge in [0.15, 0.2) is 5.69 Å². The summed E-state index contributed by atoms with van der Waals surface area (Å²) < 4.78 is 11.2. The molecule has 7 heteroatoms. The molecule has 0 aliphatic heterocycles. The summed E-state index contributed by atoms with van der Waals surface area (Å²) in [6.07, 6.45) is 0. The number of aromatic nitrogens is 2. The molecule has 0 unspecified atom stereocenters. The van der Waals surface area contributed by atoms with Crippen molar-refractivity contribution in [1.29, 1.82) is 5.26 Å². The molecule has 0 aliphatic rings. The van der Waals surface area contributed by atoms with Gasteiger partial charge in [0.25, 0.3) is 0 Å². The molecule has 0 saturated heterocycles. The lowest BCUT2D eigenvalue weighted by Gasteiger charge is -2.07. The van der Waals surface area contributed by atoms with Crippen molar-refractivity contribution in [2.75, 3.05) is 14.2 Å². The summed E-state index contributed by atoms with van der Waals surface area (Å²) in [6, 6.07) is 16.0. The van der Waals surface area contributed by atoms with Crippen LogP contribution in [0.2, 0.25) is 0 Å². The summed E-state index contributed by atoms with van der Waals surface area (Å²) in [6.45, 7) is 1.83. The highest BCUT2D eigenvalue weighted by molar-refractivity contribution is 6.07. The third kappa shape index (κ3) is 3.23. The summed E-state index contributed by atoms with van der Waals surface area (Å²) in [5.74, 6) is -1.45. The molecule has 0 bridgehead atoms. The lowest BCUT2D eigenvalue weighted by molar-refractivity contribution is 0.0549. The number of esters is 2. The molecule has 0 atom stereocenters. The van der Waals surface area contributed by atoms with Gasteiger partial charge < -0.3 is 9.47 Å². The maximum atomic E-state index is 12.6. The molecule has 0 saturated carbocycles. The Morgan fingerprint density at radius 1 is 1.04 bits per heavy atom.